The zero-order chi connectivity index (χ0) is 4.99. The van der Waals surface area contributed by atoms with Gasteiger partial charge in [-0.3, -0.25) is 5.73 Å². The van der Waals surface area contributed by atoms with Crippen molar-refractivity contribution in [1.82, 2.24) is 5.73 Å². The van der Waals surface area contributed by atoms with Crippen LogP contribution in [0, 0.1) is 0 Å². The van der Waals surface area contributed by atoms with Crippen LogP contribution >= 0.6 is 24.0 Å². The number of nitrogens with one attached hydrogen (secondary N) is 1. The first kappa shape index (κ1) is 6.40. The van der Waals surface area contributed by atoms with Crippen LogP contribution in [-0.2, 0) is 0 Å². The zero-order valence-corrected chi connectivity index (χ0v) is 5.16. The predicted molar refractivity (Wildman–Crippen MR) is 34.1 cm³/mol. The molecule has 0 saturated heterocycles. The van der Waals surface area contributed by atoms with Crippen LogP contribution in [0.1, 0.15) is 0 Å². The average molecular weight is 120 g/mol. The van der Waals surface area contributed by atoms with Crippen LogP contribution in [0.3, 0.4) is 0 Å². The van der Waals surface area contributed by atoms with Gasteiger partial charge < -0.3 is 0 Å². The van der Waals surface area contributed by atoms with Gasteiger partial charge in [0.2, 0.25) is 0 Å². The molecule has 1 N–H and O–H groups in total. The molecule has 0 amide bonds. The maximum Gasteiger partial charge on any atom is 0.0628 e. The Morgan fingerprint density at radius 1 is 2.00 bits per heavy atom. The van der Waals surface area contributed by atoms with Gasteiger partial charge in [-0.1, -0.05) is 12.2 Å². The van der Waals surface area contributed by atoms with Crippen molar-refractivity contribution in [3.63, 3.8) is 0 Å². The molecule has 0 aromatic rings. The second-order valence-corrected chi connectivity index (χ2v) is 2.41. The van der Waals surface area contributed by atoms with Crippen LogP contribution in [0.2, 0.25) is 0 Å². The van der Waals surface area contributed by atoms with Crippen LogP contribution in [-0.4, -0.2) is 17.0 Å². The lowest BCUT2D eigenvalue weighted by atomic mass is 10.8. The molecule has 1 radical (unpaired) electrons. The highest BCUT2D eigenvalue weighted by molar-refractivity contribution is 8.22. The molecule has 0 aliphatic rings. The molecule has 0 fully saturated rings. The third-order valence-electron chi connectivity index (χ3n) is 0.372. The van der Waals surface area contributed by atoms with E-state index >= 15 is 0 Å². The second kappa shape index (κ2) is 3.59. The number of hydrogen-bond acceptors (Lipinski definition) is 2. The van der Waals surface area contributed by atoms with Gasteiger partial charge in [0, 0.05) is 0 Å². The van der Waals surface area contributed by atoms with Crippen LogP contribution in [0.4, 0.5) is 0 Å². The molecule has 0 aromatic carbocycles. The van der Waals surface area contributed by atoms with Gasteiger partial charge in [-0.15, -0.1) is 11.8 Å². The van der Waals surface area contributed by atoms with E-state index in [1.807, 2.05) is 6.26 Å². The van der Waals surface area contributed by atoms with Crippen LogP contribution in [0.5, 0.6) is 0 Å². The minimum atomic E-state index is 0.274. The third kappa shape index (κ3) is 2.63. The second-order valence-electron chi connectivity index (χ2n) is 0.753. The van der Waals surface area contributed by atoms with E-state index in [4.69, 9.17) is 5.73 Å². The molecule has 6 heavy (non-hydrogen) atoms. The first-order valence-corrected chi connectivity index (χ1v) is 3.16. The summed E-state index contributed by atoms with van der Waals surface area (Å²) >= 11 is 6.10. The Bertz CT molecular complexity index is 46.8. The molecule has 1 nitrogen and oxygen atoms in total. The van der Waals surface area contributed by atoms with Crippen molar-refractivity contribution in [2.24, 2.45) is 0 Å². The van der Waals surface area contributed by atoms with E-state index in [1.165, 1.54) is 11.8 Å². The van der Waals surface area contributed by atoms with Gasteiger partial charge in [-0.25, -0.2) is 0 Å². The van der Waals surface area contributed by atoms with E-state index < -0.39 is 0 Å². The van der Waals surface area contributed by atoms with Crippen LogP contribution in [0.25, 0.3) is 0 Å². The van der Waals surface area contributed by atoms with Gasteiger partial charge in [0.15, 0.2) is 0 Å². The summed E-state index contributed by atoms with van der Waals surface area (Å²) in [6, 6.07) is 0. The fourth-order valence-corrected chi connectivity index (χ4v) is 0.217. The summed E-state index contributed by atoms with van der Waals surface area (Å²) < 4.78 is 0.759. The lowest BCUT2D eigenvalue weighted by Crippen LogP contribution is -1.93. The minimum Gasteiger partial charge on any atom is -0.252 e. The first-order valence-electron chi connectivity index (χ1n) is 1.52. The van der Waals surface area contributed by atoms with Gasteiger partial charge >= 0.3 is 0 Å². The lowest BCUT2D eigenvalue weighted by Gasteiger charge is -1.85. The summed E-state index contributed by atoms with van der Waals surface area (Å²) in [6.07, 6.45) is 1.89. The first-order chi connectivity index (χ1) is 2.81. The molecule has 0 aliphatic heterocycles. The number of thioether (sulfide) groups is 1. The SMILES string of the molecule is CSC(=S)C[NH]. The molecule has 3 heteroatoms. The van der Waals surface area contributed by atoms with Crippen molar-refractivity contribution in [3.05, 3.63) is 0 Å². The Morgan fingerprint density at radius 2 is 2.50 bits per heavy atom. The van der Waals surface area contributed by atoms with Crippen molar-refractivity contribution >= 4 is 28.2 Å². The average Bonchev–Trinajstić information content (AvgIpc) is 1.65. The summed E-state index contributed by atoms with van der Waals surface area (Å²) in [5.41, 5.74) is 6.65. The normalized spacial score (nSPS) is 8.33. The summed E-state index contributed by atoms with van der Waals surface area (Å²) in [5.74, 6) is 0. The number of rotatable bonds is 1. The smallest absolute Gasteiger partial charge is 0.0628 e. The largest absolute Gasteiger partial charge is 0.252 e. The maximum absolute atomic E-state index is 6.65. The van der Waals surface area contributed by atoms with Gasteiger partial charge in [0.25, 0.3) is 0 Å². The summed E-state index contributed by atoms with van der Waals surface area (Å²) in [6.45, 7) is 0.274. The topological polar surface area (TPSA) is 23.8 Å². The summed E-state index contributed by atoms with van der Waals surface area (Å²) in [5, 5.41) is 0. The highest BCUT2D eigenvalue weighted by Crippen LogP contribution is 1.93. The predicted octanol–water partition coefficient (Wildman–Crippen LogP) is 0.960. The van der Waals surface area contributed by atoms with Crippen LogP contribution in [0.15, 0.2) is 0 Å². The summed E-state index contributed by atoms with van der Waals surface area (Å²) in [4.78, 5) is 0. The van der Waals surface area contributed by atoms with E-state index in [-0.39, 0.29) is 6.54 Å². The fraction of sp³-hybridized carbons (Fsp3) is 0.667. The monoisotopic (exact) mass is 120 g/mol. The van der Waals surface area contributed by atoms with Crippen LogP contribution < -0.4 is 5.73 Å². The number of thiocarbonyl (C=S) groups is 1. The van der Waals surface area contributed by atoms with Gasteiger partial charge in [0.1, 0.15) is 0 Å². The quantitative estimate of drug-likeness (QED) is 0.481. The Morgan fingerprint density at radius 3 is 2.50 bits per heavy atom. The maximum atomic E-state index is 6.65. The molecule has 0 heterocycles. The molecule has 0 unspecified atom stereocenters. The molecule has 0 aromatic heterocycles. The summed E-state index contributed by atoms with van der Waals surface area (Å²) in [7, 11) is 0. The van der Waals surface area contributed by atoms with E-state index in [1.54, 1.807) is 0 Å². The molecule has 0 rings (SSSR count). The highest BCUT2D eigenvalue weighted by Gasteiger charge is 1.82. The van der Waals surface area contributed by atoms with Gasteiger partial charge in [-0.2, -0.15) is 0 Å². The van der Waals surface area contributed by atoms with Crippen molar-refractivity contribution < 1.29 is 0 Å². The molecule has 0 spiro atoms. The van der Waals surface area contributed by atoms with Gasteiger partial charge in [0.05, 0.1) is 10.7 Å². The van der Waals surface area contributed by atoms with Crippen molar-refractivity contribution in [2.75, 3.05) is 12.8 Å². The Kier molecular flexibility index (Phi) is 3.82. The molecule has 0 saturated carbocycles. The van der Waals surface area contributed by atoms with Crippen molar-refractivity contribution in [2.45, 2.75) is 0 Å². The number of hydrogen-bond donors (Lipinski definition) is 0. The highest BCUT2D eigenvalue weighted by atomic mass is 32.2. The van der Waals surface area contributed by atoms with E-state index in [0.29, 0.717) is 0 Å². The molecular weight excluding hydrogens is 114 g/mol. The van der Waals surface area contributed by atoms with Crippen molar-refractivity contribution in [1.29, 1.82) is 0 Å². The Labute approximate surface area is 47.3 Å². The third-order valence-corrected chi connectivity index (χ3v) is 1.62. The van der Waals surface area contributed by atoms with E-state index in [9.17, 15) is 0 Å². The minimum absolute atomic E-state index is 0.274. The van der Waals surface area contributed by atoms with Gasteiger partial charge in [-0.05, 0) is 6.26 Å². The molecular formula is C3H6NS2. The van der Waals surface area contributed by atoms with Crippen molar-refractivity contribution in [3.8, 4) is 0 Å². The lowest BCUT2D eigenvalue weighted by molar-refractivity contribution is 1.29. The van der Waals surface area contributed by atoms with E-state index in [2.05, 4.69) is 12.2 Å². The Hall–Kier alpha value is 0.400. The Balaban J connectivity index is 2.99. The molecule has 0 atom stereocenters. The standard InChI is InChI=1S/C3H6NS2/c1-6-3(5)2-4/h4H,2H2,1H3. The zero-order valence-electron chi connectivity index (χ0n) is 3.52. The fourth-order valence-electron chi connectivity index (χ4n) is 0.0722. The molecule has 0 bridgehead atoms. The molecule has 35 valence electrons. The molecule has 0 aliphatic carbocycles. The van der Waals surface area contributed by atoms with E-state index in [0.717, 1.165) is 4.20 Å².